The molecule has 22 heavy (non-hydrogen) atoms. The van der Waals surface area contributed by atoms with Crippen LogP contribution in [0.15, 0.2) is 30.0 Å². The Morgan fingerprint density at radius 3 is 2.95 bits per heavy atom. The molecule has 0 bridgehead atoms. The van der Waals surface area contributed by atoms with Gasteiger partial charge in [-0.3, -0.25) is 14.7 Å². The van der Waals surface area contributed by atoms with Gasteiger partial charge in [-0.25, -0.2) is 4.98 Å². The largest absolute Gasteiger partial charge is 0.337 e. The normalized spacial score (nSPS) is 16.5. The minimum Gasteiger partial charge on any atom is -0.337 e. The van der Waals surface area contributed by atoms with E-state index in [-0.39, 0.29) is 5.91 Å². The Balaban J connectivity index is 1.60. The van der Waals surface area contributed by atoms with E-state index in [9.17, 15) is 4.79 Å². The summed E-state index contributed by atoms with van der Waals surface area (Å²) in [6.07, 6.45) is 4.71. The van der Waals surface area contributed by atoms with Crippen LogP contribution in [0.25, 0.3) is 0 Å². The summed E-state index contributed by atoms with van der Waals surface area (Å²) in [6.45, 7) is 6.31. The standard InChI is InChI=1S/C16H20N4OS/c1-13-15(22-12-18-13)16(21)20-7-3-6-19(8-9-20)11-14-4-2-5-17-10-14/h2,4-5,10,12H,3,6-9,11H2,1H3. The number of hydrogen-bond acceptors (Lipinski definition) is 5. The van der Waals surface area contributed by atoms with Crippen molar-refractivity contribution in [2.24, 2.45) is 0 Å². The van der Waals surface area contributed by atoms with Gasteiger partial charge in [0, 0.05) is 45.1 Å². The number of rotatable bonds is 3. The van der Waals surface area contributed by atoms with Crippen LogP contribution in [-0.4, -0.2) is 51.9 Å². The smallest absolute Gasteiger partial charge is 0.265 e. The molecule has 2 aromatic heterocycles. The molecule has 3 rings (SSSR count). The van der Waals surface area contributed by atoms with E-state index in [4.69, 9.17) is 0 Å². The fourth-order valence-electron chi connectivity index (χ4n) is 2.73. The van der Waals surface area contributed by atoms with Gasteiger partial charge in [0.1, 0.15) is 4.88 Å². The quantitative estimate of drug-likeness (QED) is 0.871. The van der Waals surface area contributed by atoms with Crippen molar-refractivity contribution in [3.8, 4) is 0 Å². The van der Waals surface area contributed by atoms with Crippen molar-refractivity contribution >= 4 is 17.2 Å². The van der Waals surface area contributed by atoms with E-state index in [2.05, 4.69) is 20.9 Å². The molecule has 1 fully saturated rings. The maximum atomic E-state index is 12.6. The molecule has 1 amide bonds. The monoisotopic (exact) mass is 316 g/mol. The summed E-state index contributed by atoms with van der Waals surface area (Å²) in [5.74, 6) is 0.128. The Morgan fingerprint density at radius 2 is 2.23 bits per heavy atom. The maximum absolute atomic E-state index is 12.6. The summed E-state index contributed by atoms with van der Waals surface area (Å²) in [7, 11) is 0. The van der Waals surface area contributed by atoms with E-state index in [1.807, 2.05) is 24.1 Å². The highest BCUT2D eigenvalue weighted by atomic mass is 32.1. The van der Waals surface area contributed by atoms with E-state index in [0.29, 0.717) is 0 Å². The van der Waals surface area contributed by atoms with Gasteiger partial charge in [0.15, 0.2) is 0 Å². The van der Waals surface area contributed by atoms with Gasteiger partial charge in [0.2, 0.25) is 0 Å². The van der Waals surface area contributed by atoms with Crippen LogP contribution < -0.4 is 0 Å². The fourth-order valence-corrected chi connectivity index (χ4v) is 3.50. The topological polar surface area (TPSA) is 49.3 Å². The lowest BCUT2D eigenvalue weighted by atomic mass is 10.2. The van der Waals surface area contributed by atoms with Crippen molar-refractivity contribution in [1.29, 1.82) is 0 Å². The molecule has 0 atom stereocenters. The first kappa shape index (κ1) is 15.1. The Kier molecular flexibility index (Phi) is 4.80. The molecule has 1 aliphatic rings. The summed E-state index contributed by atoms with van der Waals surface area (Å²) in [5.41, 5.74) is 3.81. The molecule has 0 radical (unpaired) electrons. The Hall–Kier alpha value is -1.79. The molecule has 1 aliphatic heterocycles. The lowest BCUT2D eigenvalue weighted by Crippen LogP contribution is -2.35. The number of hydrogen-bond donors (Lipinski definition) is 0. The van der Waals surface area contributed by atoms with Crippen molar-refractivity contribution in [1.82, 2.24) is 19.8 Å². The molecule has 5 nitrogen and oxygen atoms in total. The van der Waals surface area contributed by atoms with Crippen molar-refractivity contribution in [3.63, 3.8) is 0 Å². The fraction of sp³-hybridized carbons (Fsp3) is 0.438. The minimum atomic E-state index is 0.128. The number of pyridine rings is 1. The van der Waals surface area contributed by atoms with Crippen LogP contribution in [0.1, 0.15) is 27.3 Å². The highest BCUT2D eigenvalue weighted by molar-refractivity contribution is 7.11. The third kappa shape index (κ3) is 3.51. The van der Waals surface area contributed by atoms with Gasteiger partial charge in [-0.05, 0) is 25.0 Å². The van der Waals surface area contributed by atoms with E-state index >= 15 is 0 Å². The first-order chi connectivity index (χ1) is 10.7. The van der Waals surface area contributed by atoms with Gasteiger partial charge in [0.05, 0.1) is 11.2 Å². The van der Waals surface area contributed by atoms with Gasteiger partial charge >= 0.3 is 0 Å². The van der Waals surface area contributed by atoms with Crippen molar-refractivity contribution in [2.45, 2.75) is 19.9 Å². The van der Waals surface area contributed by atoms with E-state index in [0.717, 1.165) is 49.7 Å². The summed E-state index contributed by atoms with van der Waals surface area (Å²) >= 11 is 1.44. The molecule has 0 N–H and O–H groups in total. The predicted molar refractivity (Wildman–Crippen MR) is 86.9 cm³/mol. The van der Waals surface area contributed by atoms with Crippen molar-refractivity contribution in [3.05, 3.63) is 46.2 Å². The molecule has 2 aromatic rings. The first-order valence-electron chi connectivity index (χ1n) is 7.54. The van der Waals surface area contributed by atoms with Gasteiger partial charge in [0.25, 0.3) is 5.91 Å². The molecule has 1 saturated heterocycles. The van der Waals surface area contributed by atoms with Crippen LogP contribution in [-0.2, 0) is 6.54 Å². The summed E-state index contributed by atoms with van der Waals surface area (Å²) in [4.78, 5) is 26.0. The predicted octanol–water partition coefficient (Wildman–Crippen LogP) is 2.19. The van der Waals surface area contributed by atoms with Gasteiger partial charge < -0.3 is 4.90 Å². The molecular formula is C16H20N4OS. The summed E-state index contributed by atoms with van der Waals surface area (Å²) in [5, 5.41) is 0. The highest BCUT2D eigenvalue weighted by Gasteiger charge is 2.22. The number of amides is 1. The van der Waals surface area contributed by atoms with Crippen molar-refractivity contribution in [2.75, 3.05) is 26.2 Å². The lowest BCUT2D eigenvalue weighted by molar-refractivity contribution is 0.0765. The third-order valence-electron chi connectivity index (χ3n) is 3.94. The molecule has 6 heteroatoms. The van der Waals surface area contributed by atoms with Gasteiger partial charge in [-0.2, -0.15) is 0 Å². The Labute approximate surface area is 134 Å². The van der Waals surface area contributed by atoms with E-state index in [1.165, 1.54) is 16.9 Å². The average molecular weight is 316 g/mol. The van der Waals surface area contributed by atoms with Crippen LogP contribution in [0.3, 0.4) is 0 Å². The molecule has 0 aromatic carbocycles. The number of thiazole rings is 1. The molecule has 0 unspecified atom stereocenters. The third-order valence-corrected chi connectivity index (χ3v) is 4.86. The molecule has 0 aliphatic carbocycles. The van der Waals surface area contributed by atoms with Crippen LogP contribution in [0.2, 0.25) is 0 Å². The van der Waals surface area contributed by atoms with E-state index in [1.54, 1.807) is 11.7 Å². The second-order valence-electron chi connectivity index (χ2n) is 5.55. The molecule has 0 saturated carbocycles. The van der Waals surface area contributed by atoms with Crippen LogP contribution in [0.4, 0.5) is 0 Å². The zero-order chi connectivity index (χ0) is 15.4. The lowest BCUT2D eigenvalue weighted by Gasteiger charge is -2.21. The number of aryl methyl sites for hydroxylation is 1. The maximum Gasteiger partial charge on any atom is 0.265 e. The molecule has 3 heterocycles. The van der Waals surface area contributed by atoms with Crippen LogP contribution in [0.5, 0.6) is 0 Å². The second kappa shape index (κ2) is 6.98. The molecule has 116 valence electrons. The number of carbonyl (C=O) groups is 1. The van der Waals surface area contributed by atoms with E-state index < -0.39 is 0 Å². The van der Waals surface area contributed by atoms with Gasteiger partial charge in [-0.15, -0.1) is 11.3 Å². The Bertz CT molecular complexity index is 628. The minimum absolute atomic E-state index is 0.128. The Morgan fingerprint density at radius 1 is 1.32 bits per heavy atom. The number of nitrogens with zero attached hydrogens (tertiary/aromatic N) is 4. The second-order valence-corrected chi connectivity index (χ2v) is 6.40. The van der Waals surface area contributed by atoms with Crippen LogP contribution >= 0.6 is 11.3 Å². The number of carbonyl (C=O) groups excluding carboxylic acids is 1. The van der Waals surface area contributed by atoms with Crippen molar-refractivity contribution < 1.29 is 4.79 Å². The van der Waals surface area contributed by atoms with Crippen LogP contribution in [0, 0.1) is 6.92 Å². The first-order valence-corrected chi connectivity index (χ1v) is 8.42. The average Bonchev–Trinajstić information content (AvgIpc) is 2.82. The van der Waals surface area contributed by atoms with Gasteiger partial charge in [-0.1, -0.05) is 6.07 Å². The number of aromatic nitrogens is 2. The highest BCUT2D eigenvalue weighted by Crippen LogP contribution is 2.17. The summed E-state index contributed by atoms with van der Waals surface area (Å²) in [6, 6.07) is 4.07. The molecule has 0 spiro atoms. The summed E-state index contributed by atoms with van der Waals surface area (Å²) < 4.78 is 0. The zero-order valence-electron chi connectivity index (χ0n) is 12.7. The SMILES string of the molecule is Cc1ncsc1C(=O)N1CCCN(Cc2cccnc2)CC1. The molecular weight excluding hydrogens is 296 g/mol. The zero-order valence-corrected chi connectivity index (χ0v) is 13.6.